The van der Waals surface area contributed by atoms with E-state index < -0.39 is 0 Å². The van der Waals surface area contributed by atoms with Crippen LogP contribution in [0.5, 0.6) is 17.2 Å². The van der Waals surface area contributed by atoms with E-state index in [9.17, 15) is 4.79 Å². The highest BCUT2D eigenvalue weighted by Crippen LogP contribution is 2.18. The lowest BCUT2D eigenvalue weighted by Crippen LogP contribution is -2.06. The molecule has 5 nitrogen and oxygen atoms in total. The molecule has 0 aliphatic carbocycles. The van der Waals surface area contributed by atoms with Crippen molar-refractivity contribution in [3.8, 4) is 17.2 Å². The fourth-order valence-electron chi connectivity index (χ4n) is 1.95. The zero-order valence-electron chi connectivity index (χ0n) is 13.4. The van der Waals surface area contributed by atoms with E-state index in [-0.39, 0.29) is 5.91 Å². The maximum absolute atomic E-state index is 10.9. The second kappa shape index (κ2) is 8.68. The molecule has 2 rings (SSSR count). The van der Waals surface area contributed by atoms with Gasteiger partial charge in [0.25, 0.3) is 0 Å². The summed E-state index contributed by atoms with van der Waals surface area (Å²) in [5.74, 6) is 2.30. The molecule has 0 fully saturated rings. The van der Waals surface area contributed by atoms with E-state index in [2.05, 4.69) is 5.32 Å². The van der Waals surface area contributed by atoms with Gasteiger partial charge >= 0.3 is 0 Å². The minimum absolute atomic E-state index is 0.0886. The van der Waals surface area contributed by atoms with Gasteiger partial charge in [-0.05, 0) is 48.5 Å². The Labute approximate surface area is 136 Å². The molecular formula is C18H21NO4. The van der Waals surface area contributed by atoms with Crippen LogP contribution in [0, 0.1) is 0 Å². The summed E-state index contributed by atoms with van der Waals surface area (Å²) >= 11 is 0. The maximum Gasteiger partial charge on any atom is 0.221 e. The molecule has 0 saturated carbocycles. The van der Waals surface area contributed by atoms with Crippen LogP contribution >= 0.6 is 0 Å². The van der Waals surface area contributed by atoms with Crippen molar-refractivity contribution in [2.45, 2.75) is 13.3 Å². The van der Waals surface area contributed by atoms with E-state index in [1.165, 1.54) is 6.92 Å². The van der Waals surface area contributed by atoms with Crippen LogP contribution in [0.4, 0.5) is 5.69 Å². The van der Waals surface area contributed by atoms with Gasteiger partial charge in [-0.2, -0.15) is 0 Å². The van der Waals surface area contributed by atoms with Gasteiger partial charge in [-0.3, -0.25) is 4.79 Å². The second-order valence-electron chi connectivity index (χ2n) is 4.93. The number of ether oxygens (including phenoxy) is 3. The van der Waals surface area contributed by atoms with Crippen LogP contribution in [0.25, 0.3) is 0 Å². The molecule has 122 valence electrons. The van der Waals surface area contributed by atoms with Gasteiger partial charge in [0.1, 0.15) is 17.2 Å². The molecule has 0 aliphatic heterocycles. The van der Waals surface area contributed by atoms with Gasteiger partial charge in [-0.15, -0.1) is 0 Å². The molecule has 1 N–H and O–H groups in total. The van der Waals surface area contributed by atoms with E-state index in [4.69, 9.17) is 14.2 Å². The third-order valence-corrected chi connectivity index (χ3v) is 3.06. The van der Waals surface area contributed by atoms with Crippen LogP contribution in [0.2, 0.25) is 0 Å². The molecule has 0 bridgehead atoms. The first-order valence-electron chi connectivity index (χ1n) is 7.44. The number of benzene rings is 2. The van der Waals surface area contributed by atoms with Crippen LogP contribution in [-0.2, 0) is 4.79 Å². The Morgan fingerprint density at radius 2 is 1.35 bits per heavy atom. The third-order valence-electron chi connectivity index (χ3n) is 3.06. The molecule has 1 amide bonds. The van der Waals surface area contributed by atoms with Crippen molar-refractivity contribution >= 4 is 11.6 Å². The highest BCUT2D eigenvalue weighted by atomic mass is 16.5. The van der Waals surface area contributed by atoms with Crippen molar-refractivity contribution in [3.05, 3.63) is 48.5 Å². The molecule has 0 atom stereocenters. The van der Waals surface area contributed by atoms with Gasteiger partial charge < -0.3 is 19.5 Å². The Balaban J connectivity index is 1.65. The Kier molecular flexibility index (Phi) is 6.29. The van der Waals surface area contributed by atoms with Crippen LogP contribution in [0.3, 0.4) is 0 Å². The lowest BCUT2D eigenvalue weighted by atomic mass is 10.3. The smallest absolute Gasteiger partial charge is 0.221 e. The van der Waals surface area contributed by atoms with Crippen molar-refractivity contribution in [3.63, 3.8) is 0 Å². The average Bonchev–Trinajstić information content (AvgIpc) is 2.56. The molecule has 0 heterocycles. The topological polar surface area (TPSA) is 56.8 Å². The summed E-state index contributed by atoms with van der Waals surface area (Å²) in [6, 6.07) is 14.8. The molecular weight excluding hydrogens is 294 g/mol. The van der Waals surface area contributed by atoms with Gasteiger partial charge in [0.05, 0.1) is 20.3 Å². The zero-order chi connectivity index (χ0) is 16.5. The Bertz CT molecular complexity index is 608. The van der Waals surface area contributed by atoms with E-state index in [1.54, 1.807) is 7.11 Å². The minimum Gasteiger partial charge on any atom is -0.497 e. The predicted molar refractivity (Wildman–Crippen MR) is 89.3 cm³/mol. The largest absolute Gasteiger partial charge is 0.497 e. The number of carbonyl (C=O) groups excluding carboxylic acids is 1. The molecule has 23 heavy (non-hydrogen) atoms. The van der Waals surface area contributed by atoms with Gasteiger partial charge in [0.2, 0.25) is 5.91 Å². The van der Waals surface area contributed by atoms with Crippen LogP contribution in [0.1, 0.15) is 13.3 Å². The quantitative estimate of drug-likeness (QED) is 0.758. The summed E-state index contributed by atoms with van der Waals surface area (Å²) < 4.78 is 16.3. The SMILES string of the molecule is COc1ccc(OCCCOc2ccc(NC(C)=O)cc2)cc1. The maximum atomic E-state index is 10.9. The lowest BCUT2D eigenvalue weighted by Gasteiger charge is -2.09. The predicted octanol–water partition coefficient (Wildman–Crippen LogP) is 3.50. The van der Waals surface area contributed by atoms with Crippen molar-refractivity contribution in [2.75, 3.05) is 25.6 Å². The molecule has 2 aromatic carbocycles. The average molecular weight is 315 g/mol. The van der Waals surface area contributed by atoms with Gasteiger partial charge in [-0.1, -0.05) is 0 Å². The number of carbonyl (C=O) groups is 1. The fraction of sp³-hybridized carbons (Fsp3) is 0.278. The number of methoxy groups -OCH3 is 1. The van der Waals surface area contributed by atoms with Gasteiger partial charge in [-0.25, -0.2) is 0 Å². The number of anilines is 1. The van der Waals surface area contributed by atoms with Gasteiger partial charge in [0.15, 0.2) is 0 Å². The number of hydrogen-bond donors (Lipinski definition) is 1. The van der Waals surface area contributed by atoms with Crippen molar-refractivity contribution in [2.24, 2.45) is 0 Å². The summed E-state index contributed by atoms with van der Waals surface area (Å²) in [4.78, 5) is 10.9. The Morgan fingerprint density at radius 3 is 1.83 bits per heavy atom. The number of hydrogen-bond acceptors (Lipinski definition) is 4. The molecule has 0 aliphatic rings. The highest BCUT2D eigenvalue weighted by molar-refractivity contribution is 5.88. The molecule has 0 aromatic heterocycles. The molecule has 0 unspecified atom stereocenters. The normalized spacial score (nSPS) is 10.0. The van der Waals surface area contributed by atoms with E-state index in [1.807, 2.05) is 48.5 Å². The molecule has 2 aromatic rings. The third kappa shape index (κ3) is 5.90. The van der Waals surface area contributed by atoms with Crippen LogP contribution < -0.4 is 19.5 Å². The van der Waals surface area contributed by atoms with E-state index >= 15 is 0 Å². The Morgan fingerprint density at radius 1 is 0.870 bits per heavy atom. The number of rotatable bonds is 8. The van der Waals surface area contributed by atoms with Crippen molar-refractivity contribution < 1.29 is 19.0 Å². The number of nitrogens with one attached hydrogen (secondary N) is 1. The molecule has 0 radical (unpaired) electrons. The highest BCUT2D eigenvalue weighted by Gasteiger charge is 1.98. The van der Waals surface area contributed by atoms with Crippen molar-refractivity contribution in [1.29, 1.82) is 0 Å². The summed E-state index contributed by atoms with van der Waals surface area (Å²) in [5, 5.41) is 2.71. The summed E-state index contributed by atoms with van der Waals surface area (Å²) in [7, 11) is 1.63. The first-order valence-corrected chi connectivity index (χ1v) is 7.44. The summed E-state index contributed by atoms with van der Waals surface area (Å²) in [6.07, 6.45) is 0.777. The zero-order valence-corrected chi connectivity index (χ0v) is 13.4. The number of amides is 1. The second-order valence-corrected chi connectivity index (χ2v) is 4.93. The van der Waals surface area contributed by atoms with Crippen molar-refractivity contribution in [1.82, 2.24) is 0 Å². The summed E-state index contributed by atoms with van der Waals surface area (Å²) in [5.41, 5.74) is 0.757. The van der Waals surface area contributed by atoms with E-state index in [0.717, 1.165) is 29.4 Å². The summed E-state index contributed by atoms with van der Waals surface area (Å²) in [6.45, 7) is 2.62. The van der Waals surface area contributed by atoms with E-state index in [0.29, 0.717) is 13.2 Å². The fourth-order valence-corrected chi connectivity index (χ4v) is 1.95. The lowest BCUT2D eigenvalue weighted by molar-refractivity contribution is -0.114. The standard InChI is InChI=1S/C18H21NO4/c1-14(20)19-15-4-6-17(7-5-15)22-12-3-13-23-18-10-8-16(21-2)9-11-18/h4-11H,3,12-13H2,1-2H3,(H,19,20). The van der Waals surface area contributed by atoms with Gasteiger partial charge in [0, 0.05) is 19.0 Å². The van der Waals surface area contributed by atoms with Crippen LogP contribution in [0.15, 0.2) is 48.5 Å². The first-order chi connectivity index (χ1) is 11.2. The minimum atomic E-state index is -0.0886. The molecule has 0 spiro atoms. The van der Waals surface area contributed by atoms with Crippen LogP contribution in [-0.4, -0.2) is 26.2 Å². The Hall–Kier alpha value is -2.69. The monoisotopic (exact) mass is 315 g/mol. The molecule has 0 saturated heterocycles. The first kappa shape index (κ1) is 16.7. The molecule has 5 heteroatoms.